The topological polar surface area (TPSA) is 21.3 Å². The molecule has 1 aromatic carbocycles. The molecule has 0 spiro atoms. The van der Waals surface area contributed by atoms with E-state index in [1.165, 1.54) is 12.8 Å². The first-order valence-electron chi connectivity index (χ1n) is 7.91. The van der Waals surface area contributed by atoms with Gasteiger partial charge >= 0.3 is 0 Å². The van der Waals surface area contributed by atoms with Crippen LogP contribution in [0.1, 0.15) is 31.7 Å². The Bertz CT molecular complexity index is 483. The predicted molar refractivity (Wildman–Crippen MR) is 88.2 cm³/mol. The van der Waals surface area contributed by atoms with Crippen LogP contribution in [0.25, 0.3) is 0 Å². The second kappa shape index (κ2) is 6.45. The van der Waals surface area contributed by atoms with E-state index in [0.29, 0.717) is 6.10 Å². The van der Waals surface area contributed by atoms with E-state index in [0.717, 1.165) is 54.1 Å². The van der Waals surface area contributed by atoms with E-state index >= 15 is 0 Å². The van der Waals surface area contributed by atoms with Crippen molar-refractivity contribution in [3.63, 3.8) is 0 Å². The normalized spacial score (nSPS) is 29.0. The van der Waals surface area contributed by atoms with Gasteiger partial charge in [-0.1, -0.05) is 36.2 Å². The molecule has 116 valence electrons. The van der Waals surface area contributed by atoms with Crippen LogP contribution in [0, 0.1) is 11.3 Å². The molecule has 0 radical (unpaired) electrons. The van der Waals surface area contributed by atoms with E-state index in [4.69, 9.17) is 27.9 Å². The average Bonchev–Trinajstić information content (AvgIpc) is 3.23. The molecular formula is C17H23Cl2NO. The summed E-state index contributed by atoms with van der Waals surface area (Å²) < 4.78 is 6.12. The molecule has 0 bridgehead atoms. The molecule has 1 aliphatic carbocycles. The summed E-state index contributed by atoms with van der Waals surface area (Å²) in [6.07, 6.45) is 4.94. The maximum Gasteiger partial charge on any atom is 0.0675 e. The Morgan fingerprint density at radius 2 is 2.00 bits per heavy atom. The minimum Gasteiger partial charge on any atom is -0.377 e. The van der Waals surface area contributed by atoms with Gasteiger partial charge in [0.1, 0.15) is 0 Å². The van der Waals surface area contributed by atoms with Gasteiger partial charge < -0.3 is 10.1 Å². The van der Waals surface area contributed by atoms with Crippen LogP contribution >= 0.6 is 23.2 Å². The fraction of sp³-hybridized carbons (Fsp3) is 0.647. The maximum absolute atomic E-state index is 6.40. The summed E-state index contributed by atoms with van der Waals surface area (Å²) in [5.74, 6) is 0.729. The van der Waals surface area contributed by atoms with Gasteiger partial charge in [-0.05, 0) is 55.8 Å². The number of hydrogen-bond donors (Lipinski definition) is 1. The zero-order valence-corrected chi connectivity index (χ0v) is 14.0. The van der Waals surface area contributed by atoms with Gasteiger partial charge in [-0.25, -0.2) is 0 Å². The lowest BCUT2D eigenvalue weighted by Gasteiger charge is -2.35. The third kappa shape index (κ3) is 3.24. The Kier molecular flexibility index (Phi) is 4.80. The summed E-state index contributed by atoms with van der Waals surface area (Å²) >= 11 is 12.8. The van der Waals surface area contributed by atoms with Crippen molar-refractivity contribution < 1.29 is 4.74 Å². The molecule has 1 aromatic rings. The van der Waals surface area contributed by atoms with Crippen LogP contribution in [0.2, 0.25) is 10.0 Å². The lowest BCUT2D eigenvalue weighted by Crippen LogP contribution is -2.43. The molecule has 2 aliphatic rings. The number of rotatable bonds is 6. The summed E-state index contributed by atoms with van der Waals surface area (Å²) in [6.45, 7) is 4.97. The summed E-state index contributed by atoms with van der Waals surface area (Å²) in [5, 5.41) is 5.09. The molecule has 2 atom stereocenters. The number of halogens is 2. The number of ether oxygens (including phenoxy) is 1. The van der Waals surface area contributed by atoms with Gasteiger partial charge in [0.15, 0.2) is 0 Å². The van der Waals surface area contributed by atoms with Crippen LogP contribution in [0.5, 0.6) is 0 Å². The standard InChI is InChI=1S/C17H23Cl2NO/c1-2-20-11-17(8-9-21-16(17)12-6-7-12)10-13-14(18)4-3-5-15(13)19/h3-5,12,16,20H,2,6-11H2,1H3. The largest absolute Gasteiger partial charge is 0.377 e. The number of benzene rings is 1. The second-order valence-electron chi connectivity index (χ2n) is 6.40. The van der Waals surface area contributed by atoms with Gasteiger partial charge in [0, 0.05) is 28.6 Å². The van der Waals surface area contributed by atoms with E-state index in [-0.39, 0.29) is 5.41 Å². The summed E-state index contributed by atoms with van der Waals surface area (Å²) in [6, 6.07) is 5.78. The third-order valence-electron chi connectivity index (χ3n) is 4.87. The van der Waals surface area contributed by atoms with E-state index in [2.05, 4.69) is 12.2 Å². The zero-order chi connectivity index (χ0) is 14.9. The molecular weight excluding hydrogens is 305 g/mol. The van der Waals surface area contributed by atoms with Crippen molar-refractivity contribution in [2.24, 2.45) is 11.3 Å². The fourth-order valence-electron chi connectivity index (χ4n) is 3.61. The quantitative estimate of drug-likeness (QED) is 0.839. The highest BCUT2D eigenvalue weighted by Crippen LogP contribution is 2.50. The van der Waals surface area contributed by atoms with E-state index in [1.807, 2.05) is 18.2 Å². The molecule has 1 saturated carbocycles. The first kappa shape index (κ1) is 15.6. The Morgan fingerprint density at radius 3 is 2.62 bits per heavy atom. The van der Waals surface area contributed by atoms with Crippen LogP contribution in [0.4, 0.5) is 0 Å². The van der Waals surface area contributed by atoms with E-state index < -0.39 is 0 Å². The highest BCUT2D eigenvalue weighted by molar-refractivity contribution is 6.36. The number of nitrogens with one attached hydrogen (secondary N) is 1. The predicted octanol–water partition coefficient (Wildman–Crippen LogP) is 4.33. The maximum atomic E-state index is 6.40. The van der Waals surface area contributed by atoms with Crippen molar-refractivity contribution in [2.45, 2.75) is 38.7 Å². The average molecular weight is 328 g/mol. The lowest BCUT2D eigenvalue weighted by molar-refractivity contribution is 0.0309. The minimum atomic E-state index is 0.131. The molecule has 2 unspecified atom stereocenters. The molecule has 4 heteroatoms. The first-order chi connectivity index (χ1) is 10.2. The summed E-state index contributed by atoms with van der Waals surface area (Å²) in [5.41, 5.74) is 1.21. The Labute approximate surface area is 137 Å². The molecule has 3 rings (SSSR count). The van der Waals surface area contributed by atoms with Crippen molar-refractivity contribution in [3.05, 3.63) is 33.8 Å². The van der Waals surface area contributed by atoms with Gasteiger partial charge in [-0.3, -0.25) is 0 Å². The molecule has 1 heterocycles. The van der Waals surface area contributed by atoms with Crippen molar-refractivity contribution in [1.29, 1.82) is 0 Å². The van der Waals surface area contributed by atoms with Crippen LogP contribution in [0.15, 0.2) is 18.2 Å². The Hall–Kier alpha value is -0.280. The van der Waals surface area contributed by atoms with E-state index in [9.17, 15) is 0 Å². The monoisotopic (exact) mass is 327 g/mol. The molecule has 1 aliphatic heterocycles. The third-order valence-corrected chi connectivity index (χ3v) is 5.58. The minimum absolute atomic E-state index is 0.131. The van der Waals surface area contributed by atoms with Gasteiger partial charge in [0.25, 0.3) is 0 Å². The lowest BCUT2D eigenvalue weighted by atomic mass is 9.74. The molecule has 0 amide bonds. The zero-order valence-electron chi connectivity index (χ0n) is 12.5. The van der Waals surface area contributed by atoms with Gasteiger partial charge in [0.05, 0.1) is 6.10 Å². The van der Waals surface area contributed by atoms with Crippen molar-refractivity contribution in [3.8, 4) is 0 Å². The second-order valence-corrected chi connectivity index (χ2v) is 7.21. The Morgan fingerprint density at radius 1 is 1.29 bits per heavy atom. The molecule has 0 aromatic heterocycles. The van der Waals surface area contributed by atoms with Gasteiger partial charge in [-0.2, -0.15) is 0 Å². The molecule has 2 fully saturated rings. The first-order valence-corrected chi connectivity index (χ1v) is 8.67. The number of hydrogen-bond acceptors (Lipinski definition) is 2. The summed E-state index contributed by atoms with van der Waals surface area (Å²) in [4.78, 5) is 0. The highest BCUT2D eigenvalue weighted by atomic mass is 35.5. The molecule has 2 nitrogen and oxygen atoms in total. The van der Waals surface area contributed by atoms with Crippen molar-refractivity contribution in [1.82, 2.24) is 5.32 Å². The summed E-state index contributed by atoms with van der Waals surface area (Å²) in [7, 11) is 0. The fourth-order valence-corrected chi connectivity index (χ4v) is 4.14. The van der Waals surface area contributed by atoms with Crippen LogP contribution in [-0.2, 0) is 11.2 Å². The van der Waals surface area contributed by atoms with Crippen LogP contribution < -0.4 is 5.32 Å². The van der Waals surface area contributed by atoms with Crippen molar-refractivity contribution >= 4 is 23.2 Å². The SMILES string of the molecule is CCNCC1(Cc2c(Cl)cccc2Cl)CCOC1C1CC1. The van der Waals surface area contributed by atoms with Gasteiger partial charge in [0.2, 0.25) is 0 Å². The van der Waals surface area contributed by atoms with E-state index in [1.54, 1.807) is 0 Å². The van der Waals surface area contributed by atoms with Crippen molar-refractivity contribution in [2.75, 3.05) is 19.7 Å². The highest BCUT2D eigenvalue weighted by Gasteiger charge is 2.50. The Balaban J connectivity index is 1.88. The molecule has 1 saturated heterocycles. The molecule has 1 N–H and O–H groups in total. The smallest absolute Gasteiger partial charge is 0.0675 e. The van der Waals surface area contributed by atoms with Crippen LogP contribution in [-0.4, -0.2) is 25.8 Å². The molecule has 21 heavy (non-hydrogen) atoms. The van der Waals surface area contributed by atoms with Crippen LogP contribution in [0.3, 0.4) is 0 Å². The van der Waals surface area contributed by atoms with Gasteiger partial charge in [-0.15, -0.1) is 0 Å².